The van der Waals surface area contributed by atoms with Crippen LogP contribution in [0.5, 0.6) is 0 Å². The first kappa shape index (κ1) is 23.6. The summed E-state index contributed by atoms with van der Waals surface area (Å²) in [6.45, 7) is 2.23. The summed E-state index contributed by atoms with van der Waals surface area (Å²) in [4.78, 5) is 33.7. The molecule has 2 amide bonds. The number of hydrogen-bond acceptors (Lipinski definition) is 4. The summed E-state index contributed by atoms with van der Waals surface area (Å²) in [5, 5.41) is 10.6. The van der Waals surface area contributed by atoms with Gasteiger partial charge in [-0.3, -0.25) is 30.6 Å². The second kappa shape index (κ2) is 14.6. The molecule has 1 aromatic carbocycles. The number of hydrazine groups is 1. The van der Waals surface area contributed by atoms with Crippen LogP contribution in [0.2, 0.25) is 0 Å². The van der Waals surface area contributed by atoms with E-state index in [1.165, 1.54) is 75.6 Å². The first-order valence-electron chi connectivity index (χ1n) is 10.4. The van der Waals surface area contributed by atoms with Gasteiger partial charge in [0.1, 0.15) is 0 Å². The lowest BCUT2D eigenvalue weighted by Gasteiger charge is -2.07. The molecule has 7 nitrogen and oxygen atoms in total. The number of nitro groups is 1. The van der Waals surface area contributed by atoms with Crippen molar-refractivity contribution in [2.45, 2.75) is 84.0 Å². The van der Waals surface area contributed by atoms with Crippen molar-refractivity contribution < 1.29 is 14.5 Å². The molecule has 0 aliphatic carbocycles. The molecule has 7 heteroatoms. The van der Waals surface area contributed by atoms with Crippen LogP contribution in [0.1, 0.15) is 94.3 Å². The first-order valence-corrected chi connectivity index (χ1v) is 10.4. The summed E-state index contributed by atoms with van der Waals surface area (Å²) in [5.74, 6) is -0.728. The zero-order valence-corrected chi connectivity index (χ0v) is 16.9. The number of carbonyl (C=O) groups excluding carboxylic acids is 2. The Morgan fingerprint density at radius 1 is 0.821 bits per heavy atom. The fourth-order valence-electron chi connectivity index (χ4n) is 2.95. The maximum Gasteiger partial charge on any atom is 0.269 e. The van der Waals surface area contributed by atoms with E-state index in [2.05, 4.69) is 17.8 Å². The van der Waals surface area contributed by atoms with Crippen molar-refractivity contribution in [2.75, 3.05) is 0 Å². The van der Waals surface area contributed by atoms with Crippen molar-refractivity contribution in [3.8, 4) is 0 Å². The largest absolute Gasteiger partial charge is 0.273 e. The lowest BCUT2D eigenvalue weighted by atomic mass is 10.1. The number of unbranched alkanes of at least 4 members (excludes halogenated alkanes) is 10. The lowest BCUT2D eigenvalue weighted by Crippen LogP contribution is -2.41. The Balaban J connectivity index is 2.03. The number of rotatable bonds is 14. The molecule has 1 rings (SSSR count). The lowest BCUT2D eigenvalue weighted by molar-refractivity contribution is -0.384. The second-order valence-electron chi connectivity index (χ2n) is 7.09. The molecule has 1 aromatic rings. The van der Waals surface area contributed by atoms with Crippen LogP contribution in [0.25, 0.3) is 0 Å². The zero-order chi connectivity index (χ0) is 20.6. The van der Waals surface area contributed by atoms with Gasteiger partial charge in [-0.25, -0.2) is 0 Å². The van der Waals surface area contributed by atoms with E-state index in [4.69, 9.17) is 0 Å². The van der Waals surface area contributed by atoms with Crippen LogP contribution in [-0.4, -0.2) is 16.7 Å². The van der Waals surface area contributed by atoms with E-state index in [1.807, 2.05) is 0 Å². The molecule has 0 fully saturated rings. The van der Waals surface area contributed by atoms with Gasteiger partial charge in [0.15, 0.2) is 0 Å². The van der Waals surface area contributed by atoms with Gasteiger partial charge >= 0.3 is 0 Å². The van der Waals surface area contributed by atoms with E-state index in [0.717, 1.165) is 19.3 Å². The van der Waals surface area contributed by atoms with Crippen LogP contribution in [-0.2, 0) is 4.79 Å². The topological polar surface area (TPSA) is 101 Å². The van der Waals surface area contributed by atoms with Crippen LogP contribution in [0.3, 0.4) is 0 Å². The smallest absolute Gasteiger partial charge is 0.269 e. The van der Waals surface area contributed by atoms with Gasteiger partial charge in [0.25, 0.3) is 11.6 Å². The van der Waals surface area contributed by atoms with Gasteiger partial charge in [-0.05, 0) is 18.6 Å². The van der Waals surface area contributed by atoms with Crippen LogP contribution in [0, 0.1) is 10.1 Å². The molecule has 0 saturated carbocycles. The molecular weight excluding hydrogens is 358 g/mol. The van der Waals surface area contributed by atoms with E-state index in [-0.39, 0.29) is 17.2 Å². The Labute approximate surface area is 167 Å². The number of hydrogen-bond donors (Lipinski definition) is 2. The Bertz CT molecular complexity index is 602. The van der Waals surface area contributed by atoms with E-state index < -0.39 is 10.8 Å². The van der Waals surface area contributed by atoms with Crippen molar-refractivity contribution in [1.29, 1.82) is 0 Å². The summed E-state index contributed by atoms with van der Waals surface area (Å²) in [5.41, 5.74) is 4.87. The third-order valence-electron chi connectivity index (χ3n) is 4.66. The van der Waals surface area contributed by atoms with Gasteiger partial charge < -0.3 is 0 Å². The van der Waals surface area contributed by atoms with Gasteiger partial charge in [-0.2, -0.15) is 0 Å². The zero-order valence-electron chi connectivity index (χ0n) is 16.9. The van der Waals surface area contributed by atoms with Crippen molar-refractivity contribution >= 4 is 17.5 Å². The van der Waals surface area contributed by atoms with E-state index in [9.17, 15) is 19.7 Å². The Morgan fingerprint density at radius 3 is 1.82 bits per heavy atom. The predicted molar refractivity (Wildman–Crippen MR) is 110 cm³/mol. The van der Waals surface area contributed by atoms with Crippen molar-refractivity contribution in [2.24, 2.45) is 0 Å². The monoisotopic (exact) mass is 391 g/mol. The van der Waals surface area contributed by atoms with E-state index in [0.29, 0.717) is 6.42 Å². The van der Waals surface area contributed by atoms with E-state index >= 15 is 0 Å². The second-order valence-corrected chi connectivity index (χ2v) is 7.09. The molecule has 0 aliphatic rings. The standard InChI is InChI=1S/C21H33N3O4/c1-2-3-4-5-6-7-8-9-10-11-12-13-20(25)22-23-21(26)18-14-16-19(17-15-18)24(27)28/h14-17H,2-13H2,1H3,(H,22,25)(H,23,26). The molecule has 0 spiro atoms. The number of nitrogens with one attached hydrogen (secondary N) is 2. The van der Waals surface area contributed by atoms with Crippen molar-refractivity contribution in [3.63, 3.8) is 0 Å². The average Bonchev–Trinajstić information content (AvgIpc) is 2.70. The van der Waals surface area contributed by atoms with Gasteiger partial charge in [-0.1, -0.05) is 71.1 Å². The molecule has 0 unspecified atom stereocenters. The summed E-state index contributed by atoms with van der Waals surface area (Å²) in [6, 6.07) is 5.21. The van der Waals surface area contributed by atoms with Crippen LogP contribution in [0.4, 0.5) is 5.69 Å². The summed E-state index contributed by atoms with van der Waals surface area (Å²) in [6.07, 6.45) is 13.8. The van der Waals surface area contributed by atoms with Crippen LogP contribution in [0.15, 0.2) is 24.3 Å². The molecule has 0 bridgehead atoms. The number of amides is 2. The minimum Gasteiger partial charge on any atom is -0.273 e. The molecule has 2 N–H and O–H groups in total. The average molecular weight is 392 g/mol. The third kappa shape index (κ3) is 10.6. The minimum absolute atomic E-state index is 0.0860. The molecule has 28 heavy (non-hydrogen) atoms. The molecule has 156 valence electrons. The normalized spacial score (nSPS) is 10.5. The van der Waals surface area contributed by atoms with Crippen molar-refractivity contribution in [1.82, 2.24) is 10.9 Å². The summed E-state index contributed by atoms with van der Waals surface area (Å²) >= 11 is 0. The molecule has 0 heterocycles. The molecule has 0 atom stereocenters. The maximum atomic E-state index is 11.9. The fourth-order valence-corrected chi connectivity index (χ4v) is 2.95. The van der Waals surface area contributed by atoms with Gasteiger partial charge in [0, 0.05) is 24.1 Å². The highest BCUT2D eigenvalue weighted by molar-refractivity contribution is 5.95. The van der Waals surface area contributed by atoms with Crippen molar-refractivity contribution in [3.05, 3.63) is 39.9 Å². The Kier molecular flexibility index (Phi) is 12.3. The quantitative estimate of drug-likeness (QED) is 0.263. The molecule has 0 saturated heterocycles. The minimum atomic E-state index is -0.531. The number of non-ortho nitro benzene ring substituents is 1. The SMILES string of the molecule is CCCCCCCCCCCCCC(=O)NNC(=O)c1ccc([N+](=O)[O-])cc1. The van der Waals surface area contributed by atoms with Crippen LogP contribution < -0.4 is 10.9 Å². The molecular formula is C21H33N3O4. The maximum absolute atomic E-state index is 11.9. The summed E-state index contributed by atoms with van der Waals surface area (Å²) < 4.78 is 0. The predicted octanol–water partition coefficient (Wildman–Crippen LogP) is 5.06. The summed E-state index contributed by atoms with van der Waals surface area (Å²) in [7, 11) is 0. The number of benzene rings is 1. The Morgan fingerprint density at radius 2 is 1.32 bits per heavy atom. The fraction of sp³-hybridized carbons (Fsp3) is 0.619. The van der Waals surface area contributed by atoms with Gasteiger partial charge in [-0.15, -0.1) is 0 Å². The highest BCUT2D eigenvalue weighted by atomic mass is 16.6. The van der Waals surface area contributed by atoms with Gasteiger partial charge in [0.05, 0.1) is 4.92 Å². The highest BCUT2D eigenvalue weighted by Crippen LogP contribution is 2.12. The molecule has 0 aromatic heterocycles. The highest BCUT2D eigenvalue weighted by Gasteiger charge is 2.10. The van der Waals surface area contributed by atoms with Gasteiger partial charge in [0.2, 0.25) is 5.91 Å². The molecule has 0 aliphatic heterocycles. The number of carbonyl (C=O) groups is 2. The first-order chi connectivity index (χ1) is 13.5. The Hall–Kier alpha value is -2.44. The third-order valence-corrected chi connectivity index (χ3v) is 4.66. The number of nitrogens with zero attached hydrogens (tertiary/aromatic N) is 1. The molecule has 0 radical (unpaired) electrons. The number of nitro benzene ring substituents is 1. The van der Waals surface area contributed by atoms with Crippen LogP contribution >= 0.6 is 0 Å². The van der Waals surface area contributed by atoms with E-state index in [1.54, 1.807) is 0 Å².